The predicted molar refractivity (Wildman–Crippen MR) is 94.6 cm³/mol. The van der Waals surface area contributed by atoms with Gasteiger partial charge in [0.2, 0.25) is 11.8 Å². The summed E-state index contributed by atoms with van der Waals surface area (Å²) < 4.78 is 29.2. The normalized spacial score (nSPS) is 29.4. The second-order valence-electron chi connectivity index (χ2n) is 7.99. The molecule has 2 N–H and O–H groups in total. The number of hydrogen-bond donors (Lipinski definition) is 2. The molecule has 0 saturated carbocycles. The van der Waals surface area contributed by atoms with Crippen LogP contribution in [0.15, 0.2) is 6.07 Å². The smallest absolute Gasteiger partial charge is 0.255 e. The molecule has 1 aromatic rings. The lowest BCUT2D eigenvalue weighted by atomic mass is 10.0. The van der Waals surface area contributed by atoms with Crippen LogP contribution in [0.25, 0.3) is 0 Å². The molecule has 3 unspecified atom stereocenters. The van der Waals surface area contributed by atoms with Gasteiger partial charge in [-0.05, 0) is 25.3 Å². The van der Waals surface area contributed by atoms with Crippen LogP contribution in [-0.4, -0.2) is 53.8 Å². The quantitative estimate of drug-likeness (QED) is 0.726. The molecule has 0 aromatic heterocycles. The highest BCUT2D eigenvalue weighted by Crippen LogP contribution is 2.39. The van der Waals surface area contributed by atoms with Crippen molar-refractivity contribution in [3.8, 4) is 0 Å². The first kappa shape index (κ1) is 17.5. The summed E-state index contributed by atoms with van der Waals surface area (Å²) in [5, 5.41) is 5.69. The van der Waals surface area contributed by atoms with Gasteiger partial charge in [0.05, 0.1) is 5.69 Å². The van der Waals surface area contributed by atoms with E-state index < -0.39 is 29.5 Å². The number of piperidine rings is 1. The van der Waals surface area contributed by atoms with Crippen molar-refractivity contribution in [1.82, 2.24) is 15.5 Å². The van der Waals surface area contributed by atoms with E-state index in [4.69, 9.17) is 0 Å². The van der Waals surface area contributed by atoms with Crippen LogP contribution in [0.4, 0.5) is 14.5 Å². The minimum absolute atomic E-state index is 0.0340. The Morgan fingerprint density at radius 2 is 1.75 bits per heavy atom. The van der Waals surface area contributed by atoms with Crippen LogP contribution in [0.1, 0.15) is 41.6 Å². The third kappa shape index (κ3) is 2.60. The molecule has 7 nitrogen and oxygen atoms in total. The van der Waals surface area contributed by atoms with Gasteiger partial charge < -0.3 is 15.1 Å². The second-order valence-corrected chi connectivity index (χ2v) is 7.99. The SMILES string of the molecule is O=C1CCC(N2Cc3c(cc(F)c(F)c3N3CC4CCC(C3)N4)C2=O)C(=O)N1. The highest BCUT2D eigenvalue weighted by atomic mass is 19.2. The Kier molecular flexibility index (Phi) is 3.90. The van der Waals surface area contributed by atoms with Gasteiger partial charge in [0, 0.05) is 49.3 Å². The number of fused-ring (bicyclic) bond motifs is 3. The summed E-state index contributed by atoms with van der Waals surface area (Å²) in [7, 11) is 0. The number of carbonyl (C=O) groups excluding carboxylic acids is 3. The molecular formula is C19H20F2N4O3. The number of amides is 3. The summed E-state index contributed by atoms with van der Waals surface area (Å²) in [5.74, 6) is -3.42. The lowest BCUT2D eigenvalue weighted by molar-refractivity contribution is -0.136. The van der Waals surface area contributed by atoms with Gasteiger partial charge in [-0.3, -0.25) is 19.7 Å². The van der Waals surface area contributed by atoms with Gasteiger partial charge >= 0.3 is 0 Å². The van der Waals surface area contributed by atoms with Crippen LogP contribution >= 0.6 is 0 Å². The molecule has 2 bridgehead atoms. The molecule has 3 amide bonds. The first-order chi connectivity index (χ1) is 13.4. The number of halogens is 2. The largest absolute Gasteiger partial charge is 0.366 e. The van der Waals surface area contributed by atoms with E-state index in [-0.39, 0.29) is 48.6 Å². The molecule has 148 valence electrons. The summed E-state index contributed by atoms with van der Waals surface area (Å²) in [6.45, 7) is 1.14. The van der Waals surface area contributed by atoms with Crippen molar-refractivity contribution in [3.05, 3.63) is 28.8 Å². The summed E-state index contributed by atoms with van der Waals surface area (Å²) >= 11 is 0. The van der Waals surface area contributed by atoms with Gasteiger partial charge in [-0.25, -0.2) is 8.78 Å². The fourth-order valence-corrected chi connectivity index (χ4v) is 4.94. The number of anilines is 1. The molecular weight excluding hydrogens is 370 g/mol. The summed E-state index contributed by atoms with van der Waals surface area (Å²) in [5.41, 5.74) is 0.663. The lowest BCUT2D eigenvalue weighted by Gasteiger charge is -2.36. The zero-order valence-electron chi connectivity index (χ0n) is 15.1. The van der Waals surface area contributed by atoms with Crippen LogP contribution in [0.2, 0.25) is 0 Å². The molecule has 5 rings (SSSR count). The van der Waals surface area contributed by atoms with Crippen molar-refractivity contribution in [3.63, 3.8) is 0 Å². The molecule has 4 heterocycles. The van der Waals surface area contributed by atoms with Crippen LogP contribution in [-0.2, 0) is 16.1 Å². The van der Waals surface area contributed by atoms with Gasteiger partial charge in [0.25, 0.3) is 5.91 Å². The van der Waals surface area contributed by atoms with E-state index in [1.54, 1.807) is 0 Å². The number of nitrogens with one attached hydrogen (secondary N) is 2. The van der Waals surface area contributed by atoms with Crippen molar-refractivity contribution in [2.45, 2.75) is 50.4 Å². The van der Waals surface area contributed by atoms with Crippen molar-refractivity contribution < 1.29 is 23.2 Å². The van der Waals surface area contributed by atoms with Crippen molar-refractivity contribution >= 4 is 23.4 Å². The maximum Gasteiger partial charge on any atom is 0.255 e. The zero-order valence-corrected chi connectivity index (χ0v) is 15.1. The molecule has 28 heavy (non-hydrogen) atoms. The molecule has 9 heteroatoms. The molecule has 0 aliphatic carbocycles. The Bertz CT molecular complexity index is 894. The summed E-state index contributed by atoms with van der Waals surface area (Å²) in [6.07, 6.45) is 2.32. The van der Waals surface area contributed by atoms with E-state index in [1.165, 1.54) is 4.90 Å². The highest BCUT2D eigenvalue weighted by Gasteiger charge is 2.43. The summed E-state index contributed by atoms with van der Waals surface area (Å²) in [4.78, 5) is 39.7. The van der Waals surface area contributed by atoms with E-state index in [1.807, 2.05) is 4.90 Å². The summed E-state index contributed by atoms with van der Waals surface area (Å²) in [6, 6.07) is 0.565. The first-order valence-corrected chi connectivity index (χ1v) is 9.59. The monoisotopic (exact) mass is 390 g/mol. The number of carbonyl (C=O) groups is 3. The fourth-order valence-electron chi connectivity index (χ4n) is 4.94. The van der Waals surface area contributed by atoms with Gasteiger partial charge in [-0.1, -0.05) is 0 Å². The average Bonchev–Trinajstić information content (AvgIpc) is 3.15. The van der Waals surface area contributed by atoms with Crippen LogP contribution in [0.5, 0.6) is 0 Å². The second kappa shape index (κ2) is 6.23. The standard InChI is InChI=1S/C19H20F2N4O3/c20-13-5-11-12(8-25(19(11)28)14-3-4-15(26)23-18(14)27)17(16(13)21)24-6-9-1-2-10(7-24)22-9/h5,9-10,14,22H,1-4,6-8H2,(H,23,26,27). The minimum atomic E-state index is -1.06. The third-order valence-electron chi connectivity index (χ3n) is 6.24. The van der Waals surface area contributed by atoms with Gasteiger partial charge in [0.1, 0.15) is 6.04 Å². The number of hydrogen-bond acceptors (Lipinski definition) is 5. The Labute approximate surface area is 160 Å². The average molecular weight is 390 g/mol. The third-order valence-corrected chi connectivity index (χ3v) is 6.24. The van der Waals surface area contributed by atoms with Gasteiger partial charge in [-0.2, -0.15) is 0 Å². The van der Waals surface area contributed by atoms with E-state index in [2.05, 4.69) is 10.6 Å². The van der Waals surface area contributed by atoms with E-state index >= 15 is 0 Å². The Balaban J connectivity index is 1.51. The molecule has 3 saturated heterocycles. The molecule has 4 aliphatic rings. The topological polar surface area (TPSA) is 81.8 Å². The predicted octanol–water partition coefficient (Wildman–Crippen LogP) is 0.666. The number of benzene rings is 1. The molecule has 1 aromatic carbocycles. The zero-order chi connectivity index (χ0) is 19.6. The van der Waals surface area contributed by atoms with E-state index in [0.717, 1.165) is 18.9 Å². The highest BCUT2D eigenvalue weighted by molar-refractivity contribution is 6.06. The number of piperazine rings is 1. The van der Waals surface area contributed by atoms with Crippen molar-refractivity contribution in [1.29, 1.82) is 0 Å². The van der Waals surface area contributed by atoms with E-state index in [0.29, 0.717) is 18.7 Å². The molecule has 3 fully saturated rings. The Morgan fingerprint density at radius 3 is 2.43 bits per heavy atom. The minimum Gasteiger partial charge on any atom is -0.366 e. The fraction of sp³-hybridized carbons (Fsp3) is 0.526. The number of rotatable bonds is 2. The van der Waals surface area contributed by atoms with Crippen molar-refractivity contribution in [2.24, 2.45) is 0 Å². The van der Waals surface area contributed by atoms with Crippen LogP contribution in [0, 0.1) is 11.6 Å². The maximum atomic E-state index is 14.8. The van der Waals surface area contributed by atoms with Gasteiger partial charge in [-0.15, -0.1) is 0 Å². The molecule has 3 atom stereocenters. The Hall–Kier alpha value is -2.55. The van der Waals surface area contributed by atoms with Gasteiger partial charge in [0.15, 0.2) is 11.6 Å². The molecule has 0 spiro atoms. The Morgan fingerprint density at radius 1 is 1.04 bits per heavy atom. The lowest BCUT2D eigenvalue weighted by Crippen LogP contribution is -2.52. The number of nitrogens with zero attached hydrogens (tertiary/aromatic N) is 2. The molecule has 4 aliphatic heterocycles. The van der Waals surface area contributed by atoms with Crippen LogP contribution in [0.3, 0.4) is 0 Å². The van der Waals surface area contributed by atoms with Crippen molar-refractivity contribution in [2.75, 3.05) is 18.0 Å². The van der Waals surface area contributed by atoms with E-state index in [9.17, 15) is 23.2 Å². The maximum absolute atomic E-state index is 14.8. The number of imide groups is 1. The molecule has 0 radical (unpaired) electrons. The van der Waals surface area contributed by atoms with Crippen LogP contribution < -0.4 is 15.5 Å². The first-order valence-electron chi connectivity index (χ1n) is 9.59.